The summed E-state index contributed by atoms with van der Waals surface area (Å²) in [4.78, 5) is 26.6. The van der Waals surface area contributed by atoms with E-state index < -0.39 is 0 Å². The highest BCUT2D eigenvalue weighted by Crippen LogP contribution is 2.37. The molecular weight excluding hydrogens is 252 g/mol. The molecule has 114 valence electrons. The third kappa shape index (κ3) is 2.99. The molecule has 0 aromatic heterocycles. The Hall–Kier alpha value is -1.06. The van der Waals surface area contributed by atoms with E-state index in [1.165, 1.54) is 19.3 Å². The van der Waals surface area contributed by atoms with Crippen molar-refractivity contribution < 1.29 is 9.59 Å². The SMILES string of the molecule is CC1NC(=O)C(C(C)C)N(CC2(C)CCCCC2)C1=O. The highest BCUT2D eigenvalue weighted by Gasteiger charge is 2.43. The van der Waals surface area contributed by atoms with Crippen molar-refractivity contribution >= 4 is 11.8 Å². The molecule has 4 heteroatoms. The summed E-state index contributed by atoms with van der Waals surface area (Å²) in [5.74, 6) is 0.236. The molecule has 1 saturated heterocycles. The fraction of sp³-hybridized carbons (Fsp3) is 0.875. The Morgan fingerprint density at radius 3 is 2.40 bits per heavy atom. The molecule has 1 aliphatic heterocycles. The number of carbonyl (C=O) groups is 2. The third-order valence-electron chi connectivity index (χ3n) is 4.86. The van der Waals surface area contributed by atoms with Crippen LogP contribution in [-0.4, -0.2) is 35.3 Å². The van der Waals surface area contributed by atoms with E-state index in [2.05, 4.69) is 12.2 Å². The van der Waals surface area contributed by atoms with Crippen LogP contribution in [0.2, 0.25) is 0 Å². The number of carbonyl (C=O) groups excluding carboxylic acids is 2. The van der Waals surface area contributed by atoms with Gasteiger partial charge < -0.3 is 10.2 Å². The zero-order valence-corrected chi connectivity index (χ0v) is 13.2. The van der Waals surface area contributed by atoms with Crippen LogP contribution in [0.1, 0.15) is 59.8 Å². The van der Waals surface area contributed by atoms with Gasteiger partial charge in [0, 0.05) is 6.54 Å². The molecule has 2 aliphatic rings. The molecular formula is C16H28N2O2. The zero-order chi connectivity index (χ0) is 14.9. The van der Waals surface area contributed by atoms with Crippen LogP contribution in [0.5, 0.6) is 0 Å². The van der Waals surface area contributed by atoms with Crippen LogP contribution in [0.25, 0.3) is 0 Å². The predicted octanol–water partition coefficient (Wildman–Crippen LogP) is 2.33. The van der Waals surface area contributed by atoms with E-state index in [9.17, 15) is 9.59 Å². The summed E-state index contributed by atoms with van der Waals surface area (Å²) in [6.45, 7) is 8.82. The van der Waals surface area contributed by atoms with Crippen molar-refractivity contribution in [3.8, 4) is 0 Å². The number of nitrogens with zero attached hydrogens (tertiary/aromatic N) is 1. The van der Waals surface area contributed by atoms with Crippen LogP contribution in [0.15, 0.2) is 0 Å². The molecule has 1 heterocycles. The minimum absolute atomic E-state index is 0.00603. The average molecular weight is 280 g/mol. The number of nitrogens with one attached hydrogen (secondary N) is 1. The molecule has 0 bridgehead atoms. The van der Waals surface area contributed by atoms with Crippen LogP contribution in [0.4, 0.5) is 0 Å². The van der Waals surface area contributed by atoms with Crippen molar-refractivity contribution in [2.45, 2.75) is 71.9 Å². The molecule has 0 aromatic rings. The maximum absolute atomic E-state index is 12.5. The Labute approximate surface area is 122 Å². The second kappa shape index (κ2) is 5.74. The van der Waals surface area contributed by atoms with Gasteiger partial charge in [-0.3, -0.25) is 9.59 Å². The van der Waals surface area contributed by atoms with Gasteiger partial charge >= 0.3 is 0 Å². The molecule has 4 nitrogen and oxygen atoms in total. The Kier molecular flexibility index (Phi) is 4.40. The Balaban J connectivity index is 2.19. The maximum Gasteiger partial charge on any atom is 0.245 e. The lowest BCUT2D eigenvalue weighted by atomic mass is 9.74. The van der Waals surface area contributed by atoms with Crippen molar-refractivity contribution in [1.82, 2.24) is 10.2 Å². The first-order chi connectivity index (χ1) is 9.34. The van der Waals surface area contributed by atoms with Crippen molar-refractivity contribution in [2.24, 2.45) is 11.3 Å². The molecule has 1 aliphatic carbocycles. The van der Waals surface area contributed by atoms with Crippen LogP contribution < -0.4 is 5.32 Å². The van der Waals surface area contributed by atoms with E-state index in [1.54, 1.807) is 6.92 Å². The van der Waals surface area contributed by atoms with E-state index in [4.69, 9.17) is 0 Å². The number of rotatable bonds is 3. The molecule has 20 heavy (non-hydrogen) atoms. The summed E-state index contributed by atoms with van der Waals surface area (Å²) < 4.78 is 0. The van der Waals surface area contributed by atoms with Crippen molar-refractivity contribution in [3.63, 3.8) is 0 Å². The van der Waals surface area contributed by atoms with E-state index in [1.807, 2.05) is 18.7 Å². The molecule has 0 radical (unpaired) electrons. The summed E-state index contributed by atoms with van der Waals surface area (Å²) in [5.41, 5.74) is 0.179. The van der Waals surface area contributed by atoms with E-state index >= 15 is 0 Å². The van der Waals surface area contributed by atoms with Crippen molar-refractivity contribution in [3.05, 3.63) is 0 Å². The van der Waals surface area contributed by atoms with Crippen LogP contribution in [0.3, 0.4) is 0 Å². The van der Waals surface area contributed by atoms with Gasteiger partial charge in [0.05, 0.1) is 0 Å². The fourth-order valence-electron chi connectivity index (χ4n) is 3.70. The van der Waals surface area contributed by atoms with Gasteiger partial charge in [0.25, 0.3) is 0 Å². The molecule has 1 N–H and O–H groups in total. The highest BCUT2D eigenvalue weighted by molar-refractivity contribution is 5.96. The smallest absolute Gasteiger partial charge is 0.245 e. The molecule has 0 aromatic carbocycles. The molecule has 2 fully saturated rings. The van der Waals surface area contributed by atoms with E-state index in [0.717, 1.165) is 19.4 Å². The van der Waals surface area contributed by atoms with Crippen LogP contribution >= 0.6 is 0 Å². The van der Waals surface area contributed by atoms with Crippen LogP contribution in [0, 0.1) is 11.3 Å². The minimum atomic E-state index is -0.385. The lowest BCUT2D eigenvalue weighted by Gasteiger charge is -2.45. The number of amides is 2. The number of piperazine rings is 1. The topological polar surface area (TPSA) is 49.4 Å². The normalized spacial score (nSPS) is 30.6. The monoisotopic (exact) mass is 280 g/mol. The zero-order valence-electron chi connectivity index (χ0n) is 13.2. The average Bonchev–Trinajstić information content (AvgIpc) is 2.35. The lowest BCUT2D eigenvalue weighted by Crippen LogP contribution is -2.65. The first kappa shape index (κ1) is 15.3. The molecule has 2 amide bonds. The Bertz CT molecular complexity index is 386. The second-order valence-electron chi connectivity index (χ2n) is 7.26. The van der Waals surface area contributed by atoms with Gasteiger partial charge in [-0.15, -0.1) is 0 Å². The van der Waals surface area contributed by atoms with Crippen LogP contribution in [-0.2, 0) is 9.59 Å². The van der Waals surface area contributed by atoms with Crippen molar-refractivity contribution in [2.75, 3.05) is 6.54 Å². The standard InChI is InChI=1S/C16H28N2O2/c1-11(2)13-14(19)17-12(3)15(20)18(13)10-16(4)8-6-5-7-9-16/h11-13H,5-10H2,1-4H3,(H,17,19). The summed E-state index contributed by atoms with van der Waals surface area (Å²) in [6, 6.07) is -0.692. The van der Waals surface area contributed by atoms with Gasteiger partial charge in [-0.2, -0.15) is 0 Å². The summed E-state index contributed by atoms with van der Waals surface area (Å²) >= 11 is 0. The quantitative estimate of drug-likeness (QED) is 0.862. The van der Waals surface area contributed by atoms with Gasteiger partial charge in [-0.25, -0.2) is 0 Å². The van der Waals surface area contributed by atoms with Gasteiger partial charge in [0.15, 0.2) is 0 Å². The minimum Gasteiger partial charge on any atom is -0.343 e. The second-order valence-corrected chi connectivity index (χ2v) is 7.26. The molecule has 1 saturated carbocycles. The molecule has 2 rings (SSSR count). The Morgan fingerprint density at radius 1 is 1.25 bits per heavy atom. The van der Waals surface area contributed by atoms with E-state index in [0.29, 0.717) is 0 Å². The fourth-order valence-corrected chi connectivity index (χ4v) is 3.70. The van der Waals surface area contributed by atoms with E-state index in [-0.39, 0.29) is 35.2 Å². The summed E-state index contributed by atoms with van der Waals surface area (Å²) in [6.07, 6.45) is 6.11. The van der Waals surface area contributed by atoms with Gasteiger partial charge in [-0.1, -0.05) is 40.0 Å². The Morgan fingerprint density at radius 2 is 1.85 bits per heavy atom. The molecule has 2 unspecified atom stereocenters. The van der Waals surface area contributed by atoms with Gasteiger partial charge in [-0.05, 0) is 31.1 Å². The lowest BCUT2D eigenvalue weighted by molar-refractivity contribution is -0.152. The van der Waals surface area contributed by atoms with Gasteiger partial charge in [0.2, 0.25) is 11.8 Å². The highest BCUT2D eigenvalue weighted by atomic mass is 16.2. The number of hydrogen-bond acceptors (Lipinski definition) is 2. The first-order valence-electron chi connectivity index (χ1n) is 7.95. The third-order valence-corrected chi connectivity index (χ3v) is 4.86. The maximum atomic E-state index is 12.5. The van der Waals surface area contributed by atoms with Crippen molar-refractivity contribution in [1.29, 1.82) is 0 Å². The first-order valence-corrected chi connectivity index (χ1v) is 7.95. The van der Waals surface area contributed by atoms with Gasteiger partial charge in [0.1, 0.15) is 12.1 Å². The summed E-state index contributed by atoms with van der Waals surface area (Å²) in [5, 5.41) is 2.81. The predicted molar refractivity (Wildman–Crippen MR) is 79.1 cm³/mol. The number of hydrogen-bond donors (Lipinski definition) is 1. The molecule has 0 spiro atoms. The largest absolute Gasteiger partial charge is 0.343 e. The molecule has 2 atom stereocenters. The summed E-state index contributed by atoms with van der Waals surface area (Å²) in [7, 11) is 0.